The highest BCUT2D eigenvalue weighted by Gasteiger charge is 2.32. The number of methoxy groups -OCH3 is 1. The Morgan fingerprint density at radius 2 is 2.08 bits per heavy atom. The maximum atomic E-state index is 12.1. The summed E-state index contributed by atoms with van der Waals surface area (Å²) >= 11 is 0. The van der Waals surface area contributed by atoms with Crippen molar-refractivity contribution in [2.24, 2.45) is 0 Å². The van der Waals surface area contributed by atoms with Crippen LogP contribution in [0, 0.1) is 10.1 Å². The molecule has 1 aliphatic rings. The fourth-order valence-corrected chi connectivity index (χ4v) is 2.58. The summed E-state index contributed by atoms with van der Waals surface area (Å²) in [4.78, 5) is 35.3. The van der Waals surface area contributed by atoms with E-state index in [1.54, 1.807) is 19.1 Å². The van der Waals surface area contributed by atoms with Crippen LogP contribution < -0.4 is 10.1 Å². The van der Waals surface area contributed by atoms with Gasteiger partial charge in [-0.25, -0.2) is 4.79 Å². The zero-order valence-electron chi connectivity index (χ0n) is 14.0. The molecule has 1 fully saturated rings. The van der Waals surface area contributed by atoms with Gasteiger partial charge in [-0.15, -0.1) is 0 Å². The van der Waals surface area contributed by atoms with Crippen LogP contribution in [-0.2, 0) is 4.79 Å². The molecule has 1 aromatic heterocycles. The van der Waals surface area contributed by atoms with Gasteiger partial charge in [0.05, 0.1) is 17.6 Å². The van der Waals surface area contributed by atoms with Gasteiger partial charge >= 0.3 is 6.03 Å². The van der Waals surface area contributed by atoms with Crippen LogP contribution >= 0.6 is 0 Å². The van der Waals surface area contributed by atoms with Crippen molar-refractivity contribution in [3.05, 3.63) is 51.9 Å². The number of nitrogens with one attached hydrogen (secondary N) is 1. The molecule has 2 aromatic rings. The van der Waals surface area contributed by atoms with Crippen molar-refractivity contribution in [3.63, 3.8) is 0 Å². The Morgan fingerprint density at radius 3 is 2.69 bits per heavy atom. The molecule has 9 heteroatoms. The minimum Gasteiger partial charge on any atom is -0.496 e. The molecular weight excluding hydrogens is 342 g/mol. The number of carbonyl (C=O) groups excluding carboxylic acids is 2. The van der Waals surface area contributed by atoms with Gasteiger partial charge in [0, 0.05) is 24.8 Å². The van der Waals surface area contributed by atoms with E-state index in [-0.39, 0.29) is 17.9 Å². The predicted molar refractivity (Wildman–Crippen MR) is 91.2 cm³/mol. The maximum Gasteiger partial charge on any atom is 0.328 e. The second-order valence-corrected chi connectivity index (χ2v) is 5.38. The van der Waals surface area contributed by atoms with Crippen molar-refractivity contribution in [2.75, 3.05) is 13.7 Å². The second-order valence-electron chi connectivity index (χ2n) is 5.38. The number of furan rings is 1. The Hall–Kier alpha value is -3.62. The maximum absolute atomic E-state index is 12.1. The molecule has 134 valence electrons. The Bertz CT molecular complexity index is 930. The number of hydrogen-bond acceptors (Lipinski definition) is 6. The third-order valence-corrected chi connectivity index (χ3v) is 3.85. The molecule has 1 saturated heterocycles. The number of likely N-dealkylation sites (N-methyl/N-ethyl adjacent to an activating group) is 1. The van der Waals surface area contributed by atoms with Gasteiger partial charge in [0.15, 0.2) is 0 Å². The molecule has 2 heterocycles. The molecule has 0 aliphatic carbocycles. The van der Waals surface area contributed by atoms with E-state index < -0.39 is 16.9 Å². The van der Waals surface area contributed by atoms with E-state index in [1.165, 1.54) is 31.4 Å². The average Bonchev–Trinajstić information content (AvgIpc) is 3.19. The molecule has 3 rings (SSSR count). The van der Waals surface area contributed by atoms with E-state index in [4.69, 9.17) is 9.15 Å². The molecule has 0 unspecified atom stereocenters. The lowest BCUT2D eigenvalue weighted by Crippen LogP contribution is -2.30. The highest BCUT2D eigenvalue weighted by molar-refractivity contribution is 6.13. The quantitative estimate of drug-likeness (QED) is 0.381. The molecule has 3 amide bonds. The number of imide groups is 1. The third kappa shape index (κ3) is 3.02. The lowest BCUT2D eigenvalue weighted by atomic mass is 10.1. The fraction of sp³-hybridized carbons (Fsp3) is 0.176. The molecule has 9 nitrogen and oxygen atoms in total. The molecule has 26 heavy (non-hydrogen) atoms. The van der Waals surface area contributed by atoms with E-state index in [1.807, 2.05) is 0 Å². The number of hydrogen-bond donors (Lipinski definition) is 1. The van der Waals surface area contributed by atoms with Gasteiger partial charge in [0.2, 0.25) is 0 Å². The van der Waals surface area contributed by atoms with Gasteiger partial charge in [-0.2, -0.15) is 0 Å². The van der Waals surface area contributed by atoms with Gasteiger partial charge in [-0.1, -0.05) is 0 Å². The predicted octanol–water partition coefficient (Wildman–Crippen LogP) is 2.78. The van der Waals surface area contributed by atoms with Crippen LogP contribution in [0.3, 0.4) is 0 Å². The number of rotatable bonds is 5. The standard InChI is InChI=1S/C17H15N3O6/c1-3-19-16(21)13(18-17(19)22)9-11-5-7-15(26-11)12-8-10(20(23)24)4-6-14(12)25-2/h4-9H,3H2,1-2H3,(H,18,22)/b13-9+. The van der Waals surface area contributed by atoms with Crippen molar-refractivity contribution in [3.8, 4) is 17.1 Å². The largest absolute Gasteiger partial charge is 0.496 e. The summed E-state index contributed by atoms with van der Waals surface area (Å²) in [5.41, 5.74) is 0.404. The number of benzene rings is 1. The summed E-state index contributed by atoms with van der Waals surface area (Å²) in [7, 11) is 1.45. The first-order valence-corrected chi connectivity index (χ1v) is 7.71. The van der Waals surface area contributed by atoms with E-state index >= 15 is 0 Å². The van der Waals surface area contributed by atoms with E-state index in [0.29, 0.717) is 22.8 Å². The van der Waals surface area contributed by atoms with E-state index in [0.717, 1.165) is 4.90 Å². The molecule has 1 N–H and O–H groups in total. The van der Waals surface area contributed by atoms with Gasteiger partial charge < -0.3 is 14.5 Å². The van der Waals surface area contributed by atoms with Crippen LogP contribution in [0.1, 0.15) is 12.7 Å². The number of ether oxygens (including phenoxy) is 1. The van der Waals surface area contributed by atoms with Crippen LogP contribution in [0.15, 0.2) is 40.4 Å². The first-order valence-electron chi connectivity index (χ1n) is 7.71. The molecular formula is C17H15N3O6. The van der Waals surface area contributed by atoms with E-state index in [2.05, 4.69) is 5.32 Å². The zero-order valence-corrected chi connectivity index (χ0v) is 14.0. The number of non-ortho nitro benzene ring substituents is 1. The third-order valence-electron chi connectivity index (χ3n) is 3.85. The SMILES string of the molecule is CCN1C(=O)N/C(=C/c2ccc(-c3cc([N+](=O)[O-])ccc3OC)o2)C1=O. The highest BCUT2D eigenvalue weighted by atomic mass is 16.6. The number of nitro benzene ring substituents is 1. The van der Waals surface area contributed by atoms with Crippen molar-refractivity contribution in [1.29, 1.82) is 0 Å². The number of amides is 3. The first kappa shape index (κ1) is 17.2. The topological polar surface area (TPSA) is 115 Å². The van der Waals surface area contributed by atoms with Crippen LogP contribution in [0.5, 0.6) is 5.75 Å². The Labute approximate surface area is 148 Å². The number of nitro groups is 1. The number of nitrogens with zero attached hydrogens (tertiary/aromatic N) is 2. The van der Waals surface area contributed by atoms with Crippen molar-refractivity contribution < 1.29 is 23.7 Å². The van der Waals surface area contributed by atoms with Gasteiger partial charge in [-0.3, -0.25) is 19.8 Å². The minimum absolute atomic E-state index is 0.101. The van der Waals surface area contributed by atoms with Crippen LogP contribution in [0.4, 0.5) is 10.5 Å². The van der Waals surface area contributed by atoms with Gasteiger partial charge in [-0.05, 0) is 25.1 Å². The Kier molecular flexibility index (Phi) is 4.44. The summed E-state index contributed by atoms with van der Waals surface area (Å²) in [6, 6.07) is 6.86. The monoisotopic (exact) mass is 357 g/mol. The summed E-state index contributed by atoms with van der Waals surface area (Å²) in [6.07, 6.45) is 1.41. The molecule has 1 aromatic carbocycles. The molecule has 0 radical (unpaired) electrons. The molecule has 0 atom stereocenters. The van der Waals surface area contributed by atoms with Crippen molar-refractivity contribution in [2.45, 2.75) is 6.92 Å². The van der Waals surface area contributed by atoms with Gasteiger partial charge in [0.25, 0.3) is 11.6 Å². The lowest BCUT2D eigenvalue weighted by molar-refractivity contribution is -0.384. The molecule has 0 bridgehead atoms. The highest BCUT2D eigenvalue weighted by Crippen LogP contribution is 2.34. The van der Waals surface area contributed by atoms with E-state index in [9.17, 15) is 19.7 Å². The average molecular weight is 357 g/mol. The fourth-order valence-electron chi connectivity index (χ4n) is 2.58. The molecule has 0 saturated carbocycles. The molecule has 0 spiro atoms. The smallest absolute Gasteiger partial charge is 0.328 e. The minimum atomic E-state index is -0.513. The normalized spacial score (nSPS) is 15.5. The summed E-state index contributed by atoms with van der Waals surface area (Å²) in [5.74, 6) is 0.617. The molecule has 1 aliphatic heterocycles. The summed E-state index contributed by atoms with van der Waals surface area (Å²) < 4.78 is 10.9. The second kappa shape index (κ2) is 6.71. The van der Waals surface area contributed by atoms with Crippen molar-refractivity contribution in [1.82, 2.24) is 10.2 Å². The Balaban J connectivity index is 1.95. The van der Waals surface area contributed by atoms with Crippen LogP contribution in [-0.4, -0.2) is 35.4 Å². The van der Waals surface area contributed by atoms with Crippen LogP contribution in [0.25, 0.3) is 17.4 Å². The zero-order chi connectivity index (χ0) is 18.8. The number of carbonyl (C=O) groups is 2. The summed E-state index contributed by atoms with van der Waals surface area (Å²) in [6.45, 7) is 1.95. The lowest BCUT2D eigenvalue weighted by Gasteiger charge is -2.06. The summed E-state index contributed by atoms with van der Waals surface area (Å²) in [5, 5.41) is 13.5. The van der Waals surface area contributed by atoms with Crippen molar-refractivity contribution >= 4 is 23.7 Å². The van der Waals surface area contributed by atoms with Gasteiger partial charge in [0.1, 0.15) is 23.0 Å². The number of urea groups is 1. The first-order chi connectivity index (χ1) is 12.4. The van der Waals surface area contributed by atoms with Crippen LogP contribution in [0.2, 0.25) is 0 Å². The Morgan fingerprint density at radius 1 is 1.31 bits per heavy atom.